The Morgan fingerprint density at radius 3 is 2.12 bits per heavy atom. The van der Waals surface area contributed by atoms with Crippen molar-refractivity contribution < 1.29 is 19.5 Å². The van der Waals surface area contributed by atoms with Crippen molar-refractivity contribution in [2.24, 2.45) is 11.8 Å². The highest BCUT2D eigenvalue weighted by molar-refractivity contribution is 6.07. The van der Waals surface area contributed by atoms with Gasteiger partial charge in [-0.2, -0.15) is 0 Å². The molecule has 1 aliphatic carbocycles. The molecular formula is C12H17NO4. The van der Waals surface area contributed by atoms with Crippen LogP contribution in [-0.4, -0.2) is 33.8 Å². The molecule has 0 aromatic rings. The molecule has 17 heavy (non-hydrogen) atoms. The van der Waals surface area contributed by atoms with Crippen molar-refractivity contribution in [2.75, 3.05) is 0 Å². The van der Waals surface area contributed by atoms with Crippen LogP contribution in [0.3, 0.4) is 0 Å². The third-order valence-corrected chi connectivity index (χ3v) is 3.86. The number of imide groups is 1. The Balaban J connectivity index is 2.26. The van der Waals surface area contributed by atoms with Gasteiger partial charge in [0.2, 0.25) is 11.8 Å². The standard InChI is InChI=1S/C12H17NO4/c1-2-9(12(16)17)13-10(14)7-5-3-4-6-8(7)11(13)15/h7-9H,2-6H2,1H3,(H,16,17)/t7-,8-,9+/m0/s1. The Bertz CT molecular complexity index is 342. The number of carboxylic acid groups (broad SMARTS) is 1. The SMILES string of the molecule is CC[C@H](C(=O)O)N1C(=O)[C@H]2CCCC[C@@H]2C1=O. The van der Waals surface area contributed by atoms with Gasteiger partial charge in [0.15, 0.2) is 0 Å². The molecule has 1 saturated heterocycles. The number of rotatable bonds is 3. The van der Waals surface area contributed by atoms with Crippen molar-refractivity contribution in [3.63, 3.8) is 0 Å². The highest BCUT2D eigenvalue weighted by Gasteiger charge is 2.51. The number of hydrogen-bond donors (Lipinski definition) is 1. The minimum atomic E-state index is -1.09. The van der Waals surface area contributed by atoms with E-state index >= 15 is 0 Å². The molecule has 1 saturated carbocycles. The third-order valence-electron chi connectivity index (χ3n) is 3.86. The molecule has 0 spiro atoms. The summed E-state index contributed by atoms with van der Waals surface area (Å²) in [5.74, 6) is -2.15. The van der Waals surface area contributed by atoms with E-state index in [4.69, 9.17) is 5.11 Å². The maximum absolute atomic E-state index is 12.1. The molecule has 2 amide bonds. The number of hydrogen-bond acceptors (Lipinski definition) is 3. The van der Waals surface area contributed by atoms with Crippen LogP contribution < -0.4 is 0 Å². The number of carboxylic acids is 1. The lowest BCUT2D eigenvalue weighted by molar-refractivity contribution is -0.155. The summed E-state index contributed by atoms with van der Waals surface area (Å²) in [6.07, 6.45) is 3.63. The lowest BCUT2D eigenvalue weighted by Gasteiger charge is -2.21. The number of carbonyl (C=O) groups excluding carboxylic acids is 2. The monoisotopic (exact) mass is 239 g/mol. The van der Waals surface area contributed by atoms with E-state index in [2.05, 4.69) is 0 Å². The molecule has 3 atom stereocenters. The summed E-state index contributed by atoms with van der Waals surface area (Å²) >= 11 is 0. The van der Waals surface area contributed by atoms with Crippen LogP contribution in [-0.2, 0) is 14.4 Å². The second kappa shape index (κ2) is 4.47. The molecule has 0 bridgehead atoms. The van der Waals surface area contributed by atoms with Gasteiger partial charge in [0, 0.05) is 0 Å². The van der Waals surface area contributed by atoms with E-state index in [1.807, 2.05) is 0 Å². The van der Waals surface area contributed by atoms with Crippen LogP contribution in [0.15, 0.2) is 0 Å². The predicted octanol–water partition coefficient (Wildman–Crippen LogP) is 1.02. The first-order valence-corrected chi connectivity index (χ1v) is 6.17. The van der Waals surface area contributed by atoms with E-state index in [1.165, 1.54) is 0 Å². The first-order chi connectivity index (χ1) is 8.07. The van der Waals surface area contributed by atoms with E-state index in [0.717, 1.165) is 30.6 Å². The molecule has 1 N–H and O–H groups in total. The summed E-state index contributed by atoms with van der Waals surface area (Å²) < 4.78 is 0. The van der Waals surface area contributed by atoms with E-state index in [9.17, 15) is 14.4 Å². The maximum Gasteiger partial charge on any atom is 0.326 e. The van der Waals surface area contributed by atoms with Gasteiger partial charge in [0.05, 0.1) is 11.8 Å². The molecule has 5 nitrogen and oxygen atoms in total. The quantitative estimate of drug-likeness (QED) is 0.746. The van der Waals surface area contributed by atoms with E-state index in [1.54, 1.807) is 6.92 Å². The van der Waals surface area contributed by atoms with Gasteiger partial charge >= 0.3 is 5.97 Å². The van der Waals surface area contributed by atoms with Gasteiger partial charge < -0.3 is 5.11 Å². The van der Waals surface area contributed by atoms with Crippen LogP contribution in [0.1, 0.15) is 39.0 Å². The van der Waals surface area contributed by atoms with Crippen molar-refractivity contribution in [1.82, 2.24) is 4.90 Å². The second-order valence-electron chi connectivity index (χ2n) is 4.81. The lowest BCUT2D eigenvalue weighted by atomic mass is 9.81. The van der Waals surface area contributed by atoms with Gasteiger partial charge in [-0.05, 0) is 19.3 Å². The average Bonchev–Trinajstić information content (AvgIpc) is 2.56. The predicted molar refractivity (Wildman–Crippen MR) is 59.0 cm³/mol. The fourth-order valence-corrected chi connectivity index (χ4v) is 2.96. The largest absolute Gasteiger partial charge is 0.480 e. The van der Waals surface area contributed by atoms with Gasteiger partial charge in [0.25, 0.3) is 0 Å². The van der Waals surface area contributed by atoms with Crippen LogP contribution >= 0.6 is 0 Å². The summed E-state index contributed by atoms with van der Waals surface area (Å²) in [7, 11) is 0. The van der Waals surface area contributed by atoms with Crippen molar-refractivity contribution in [1.29, 1.82) is 0 Å². The summed E-state index contributed by atoms with van der Waals surface area (Å²) in [6, 6.07) is -0.986. The second-order valence-corrected chi connectivity index (χ2v) is 4.81. The van der Waals surface area contributed by atoms with E-state index in [-0.39, 0.29) is 30.1 Å². The normalized spacial score (nSPS) is 30.3. The van der Waals surface area contributed by atoms with Crippen LogP contribution in [0, 0.1) is 11.8 Å². The lowest BCUT2D eigenvalue weighted by Crippen LogP contribution is -2.45. The minimum absolute atomic E-state index is 0.260. The van der Waals surface area contributed by atoms with Gasteiger partial charge in [-0.15, -0.1) is 0 Å². The van der Waals surface area contributed by atoms with Crippen molar-refractivity contribution >= 4 is 17.8 Å². The molecule has 2 rings (SSSR count). The molecule has 2 fully saturated rings. The molecule has 0 unspecified atom stereocenters. The van der Waals surface area contributed by atoms with Crippen molar-refractivity contribution in [2.45, 2.75) is 45.1 Å². The van der Waals surface area contributed by atoms with E-state index < -0.39 is 12.0 Å². The maximum atomic E-state index is 12.1. The van der Waals surface area contributed by atoms with E-state index in [0.29, 0.717) is 0 Å². The smallest absolute Gasteiger partial charge is 0.326 e. The van der Waals surface area contributed by atoms with Crippen LogP contribution in [0.5, 0.6) is 0 Å². The molecule has 0 aromatic heterocycles. The Morgan fingerprint density at radius 1 is 1.29 bits per heavy atom. The number of fused-ring (bicyclic) bond motifs is 1. The Hall–Kier alpha value is -1.39. The van der Waals surface area contributed by atoms with Gasteiger partial charge in [-0.3, -0.25) is 14.5 Å². The minimum Gasteiger partial charge on any atom is -0.480 e. The highest BCUT2D eigenvalue weighted by atomic mass is 16.4. The molecule has 0 aromatic carbocycles. The fourth-order valence-electron chi connectivity index (χ4n) is 2.96. The number of carbonyl (C=O) groups is 3. The first kappa shape index (κ1) is 12.1. The molecule has 1 aliphatic heterocycles. The molecule has 0 radical (unpaired) electrons. The van der Waals surface area contributed by atoms with Crippen LogP contribution in [0.25, 0.3) is 0 Å². The molecule has 2 aliphatic rings. The number of likely N-dealkylation sites (tertiary alicyclic amines) is 1. The van der Waals surface area contributed by atoms with Gasteiger partial charge in [-0.25, -0.2) is 4.79 Å². The number of nitrogens with zero attached hydrogens (tertiary/aromatic N) is 1. The first-order valence-electron chi connectivity index (χ1n) is 6.17. The average molecular weight is 239 g/mol. The zero-order valence-corrected chi connectivity index (χ0v) is 9.89. The summed E-state index contributed by atoms with van der Waals surface area (Å²) in [6.45, 7) is 1.68. The Morgan fingerprint density at radius 2 is 1.76 bits per heavy atom. The van der Waals surface area contributed by atoms with Crippen LogP contribution in [0.2, 0.25) is 0 Å². The zero-order valence-electron chi connectivity index (χ0n) is 9.89. The molecule has 5 heteroatoms. The summed E-state index contributed by atoms with van der Waals surface area (Å²) in [5.41, 5.74) is 0. The van der Waals surface area contributed by atoms with Crippen molar-refractivity contribution in [3.05, 3.63) is 0 Å². The number of aliphatic carboxylic acids is 1. The summed E-state index contributed by atoms with van der Waals surface area (Å²) in [4.78, 5) is 36.3. The highest BCUT2D eigenvalue weighted by Crippen LogP contribution is 2.39. The van der Waals surface area contributed by atoms with Crippen molar-refractivity contribution in [3.8, 4) is 0 Å². The fraction of sp³-hybridized carbons (Fsp3) is 0.750. The zero-order chi connectivity index (χ0) is 12.6. The third kappa shape index (κ3) is 1.83. The molecular weight excluding hydrogens is 222 g/mol. The van der Waals surface area contributed by atoms with Gasteiger partial charge in [0.1, 0.15) is 6.04 Å². The Labute approximate surface area is 99.8 Å². The van der Waals surface area contributed by atoms with Gasteiger partial charge in [-0.1, -0.05) is 19.8 Å². The number of amides is 2. The Kier molecular flexibility index (Phi) is 3.17. The summed E-state index contributed by atoms with van der Waals surface area (Å²) in [5, 5.41) is 9.06. The van der Waals surface area contributed by atoms with Crippen LogP contribution in [0.4, 0.5) is 0 Å². The molecule has 1 heterocycles. The topological polar surface area (TPSA) is 74.7 Å². The molecule has 94 valence electrons.